The predicted molar refractivity (Wildman–Crippen MR) is 65.7 cm³/mol. The first-order chi connectivity index (χ1) is 6.64. The van der Waals surface area contributed by atoms with Gasteiger partial charge >= 0.3 is 0 Å². The topological polar surface area (TPSA) is 47.9 Å². The van der Waals surface area contributed by atoms with E-state index < -0.39 is 5.72 Å². The zero-order valence-corrected chi connectivity index (χ0v) is 10.8. The molecule has 0 radical (unpaired) electrons. The zero-order chi connectivity index (χ0) is 11.9. The second-order valence-corrected chi connectivity index (χ2v) is 5.45. The lowest BCUT2D eigenvalue weighted by Crippen LogP contribution is -2.64. The van der Waals surface area contributed by atoms with Crippen LogP contribution >= 0.6 is 12.2 Å². The number of nitrogens with zero attached hydrogens (tertiary/aromatic N) is 2. The highest BCUT2D eigenvalue weighted by atomic mass is 32.1. The maximum Gasteiger partial charge on any atom is 0.192 e. The van der Waals surface area contributed by atoms with Crippen molar-refractivity contribution in [1.82, 2.24) is 10.3 Å². The summed E-state index contributed by atoms with van der Waals surface area (Å²) in [4.78, 5) is 0. The number of hydrogen-bond donors (Lipinski definition) is 2. The van der Waals surface area contributed by atoms with E-state index in [1.54, 1.807) is 6.92 Å². The van der Waals surface area contributed by atoms with Gasteiger partial charge in [-0.05, 0) is 46.8 Å². The van der Waals surface area contributed by atoms with Crippen molar-refractivity contribution in [2.45, 2.75) is 52.3 Å². The molecule has 1 aliphatic heterocycles. The number of rotatable bonds is 1. The van der Waals surface area contributed by atoms with Crippen LogP contribution in [0.5, 0.6) is 0 Å². The highest BCUT2D eigenvalue weighted by Gasteiger charge is 2.43. The van der Waals surface area contributed by atoms with E-state index in [1.165, 1.54) is 5.01 Å². The number of aliphatic hydroxyl groups is 1. The van der Waals surface area contributed by atoms with Crippen LogP contribution in [0.1, 0.15) is 41.0 Å². The predicted octanol–water partition coefficient (Wildman–Crippen LogP) is 1.45. The first-order valence-electron chi connectivity index (χ1n) is 5.01. The van der Waals surface area contributed by atoms with Crippen molar-refractivity contribution < 1.29 is 5.11 Å². The SMILES string of the molecule is CC(C)=NN1C(=S)NC(C)(C)C[C@]1(C)O. The number of thiocarbonyl (C=S) groups is 1. The molecule has 0 bridgehead atoms. The van der Waals surface area contributed by atoms with Crippen molar-refractivity contribution in [2.24, 2.45) is 5.10 Å². The normalized spacial score (nSPS) is 29.7. The third kappa shape index (κ3) is 2.89. The van der Waals surface area contributed by atoms with Crippen LogP contribution in [-0.2, 0) is 0 Å². The summed E-state index contributed by atoms with van der Waals surface area (Å²) in [6.07, 6.45) is 0.566. The zero-order valence-electron chi connectivity index (χ0n) is 9.96. The lowest BCUT2D eigenvalue weighted by atomic mass is 9.91. The summed E-state index contributed by atoms with van der Waals surface area (Å²) in [7, 11) is 0. The Hall–Kier alpha value is -0.680. The highest BCUT2D eigenvalue weighted by Crippen LogP contribution is 2.29. The average molecular weight is 229 g/mol. The Bertz CT molecular complexity index is 306. The fourth-order valence-electron chi connectivity index (χ4n) is 1.87. The van der Waals surface area contributed by atoms with E-state index in [0.717, 1.165) is 5.71 Å². The van der Waals surface area contributed by atoms with Gasteiger partial charge in [-0.15, -0.1) is 0 Å². The van der Waals surface area contributed by atoms with Gasteiger partial charge in [0.15, 0.2) is 10.8 Å². The second kappa shape index (κ2) is 3.72. The average Bonchev–Trinajstić information content (AvgIpc) is 1.93. The molecule has 5 heteroatoms. The minimum Gasteiger partial charge on any atom is -0.369 e. The fraction of sp³-hybridized carbons (Fsp3) is 0.800. The molecule has 0 saturated carbocycles. The lowest BCUT2D eigenvalue weighted by molar-refractivity contribution is -0.0877. The van der Waals surface area contributed by atoms with Gasteiger partial charge in [-0.3, -0.25) is 0 Å². The molecule has 1 aliphatic rings. The first-order valence-corrected chi connectivity index (χ1v) is 5.41. The van der Waals surface area contributed by atoms with E-state index in [0.29, 0.717) is 11.5 Å². The van der Waals surface area contributed by atoms with Gasteiger partial charge in [0.2, 0.25) is 0 Å². The van der Waals surface area contributed by atoms with Gasteiger partial charge in [0.1, 0.15) is 0 Å². The third-order valence-corrected chi connectivity index (χ3v) is 2.45. The molecule has 1 heterocycles. The van der Waals surface area contributed by atoms with E-state index in [-0.39, 0.29) is 5.54 Å². The minimum atomic E-state index is -1.02. The quantitative estimate of drug-likeness (QED) is 0.528. The summed E-state index contributed by atoms with van der Waals surface area (Å²) in [5.74, 6) is 0. The Balaban J connectivity index is 2.99. The molecule has 0 unspecified atom stereocenters. The second-order valence-electron chi connectivity index (χ2n) is 5.07. The molecule has 0 spiro atoms. The van der Waals surface area contributed by atoms with Crippen LogP contribution in [0.4, 0.5) is 0 Å². The van der Waals surface area contributed by atoms with E-state index in [9.17, 15) is 5.11 Å². The van der Waals surface area contributed by atoms with Gasteiger partial charge in [-0.2, -0.15) is 5.10 Å². The summed E-state index contributed by atoms with van der Waals surface area (Å²) >= 11 is 5.19. The molecule has 0 amide bonds. The number of hydrogen-bond acceptors (Lipinski definition) is 3. The van der Waals surface area contributed by atoms with Crippen LogP contribution in [0.2, 0.25) is 0 Å². The number of nitrogens with one attached hydrogen (secondary N) is 1. The van der Waals surface area contributed by atoms with Crippen LogP contribution < -0.4 is 5.32 Å². The summed E-state index contributed by atoms with van der Waals surface area (Å²) in [5.41, 5.74) is -0.365. The van der Waals surface area contributed by atoms with E-state index in [1.807, 2.05) is 27.7 Å². The third-order valence-electron chi connectivity index (χ3n) is 2.17. The lowest BCUT2D eigenvalue weighted by Gasteiger charge is -2.47. The molecule has 86 valence electrons. The van der Waals surface area contributed by atoms with Gasteiger partial charge < -0.3 is 10.4 Å². The first kappa shape index (κ1) is 12.4. The molecule has 0 aromatic rings. The monoisotopic (exact) mass is 229 g/mol. The Morgan fingerprint density at radius 1 is 1.47 bits per heavy atom. The molecule has 1 rings (SSSR count). The van der Waals surface area contributed by atoms with Crippen LogP contribution in [-0.4, -0.2) is 32.2 Å². The number of hydrazone groups is 1. The maximum absolute atomic E-state index is 10.3. The molecule has 4 nitrogen and oxygen atoms in total. The molecule has 0 aromatic heterocycles. The van der Waals surface area contributed by atoms with Crippen molar-refractivity contribution in [1.29, 1.82) is 0 Å². The molecule has 1 atom stereocenters. The Labute approximate surface area is 96.3 Å². The van der Waals surface area contributed by atoms with E-state index >= 15 is 0 Å². The highest BCUT2D eigenvalue weighted by molar-refractivity contribution is 7.80. The minimum absolute atomic E-state index is 0.200. The van der Waals surface area contributed by atoms with Crippen LogP contribution in [0.25, 0.3) is 0 Å². The standard InChI is InChI=1S/C10H19N3OS/c1-7(2)12-13-8(15)11-9(3,4)6-10(13,5)14/h14H,6H2,1-5H3,(H,11,15)/t10-/m0/s1. The Morgan fingerprint density at radius 3 is 2.40 bits per heavy atom. The van der Waals surface area contributed by atoms with E-state index in [2.05, 4.69) is 10.4 Å². The Morgan fingerprint density at radius 2 is 2.00 bits per heavy atom. The molecule has 0 aromatic carbocycles. The van der Waals surface area contributed by atoms with Gasteiger partial charge in [-0.1, -0.05) is 0 Å². The van der Waals surface area contributed by atoms with E-state index in [4.69, 9.17) is 12.2 Å². The van der Waals surface area contributed by atoms with Crippen LogP contribution in [0, 0.1) is 0 Å². The van der Waals surface area contributed by atoms with Crippen molar-refractivity contribution >= 4 is 23.0 Å². The molecular weight excluding hydrogens is 210 g/mol. The molecular formula is C10H19N3OS. The fourth-order valence-corrected chi connectivity index (χ4v) is 2.38. The van der Waals surface area contributed by atoms with Gasteiger partial charge in [0, 0.05) is 17.7 Å². The maximum atomic E-state index is 10.3. The van der Waals surface area contributed by atoms with Crippen LogP contribution in [0.3, 0.4) is 0 Å². The molecule has 1 fully saturated rings. The van der Waals surface area contributed by atoms with Gasteiger partial charge in [0.25, 0.3) is 0 Å². The molecule has 0 aliphatic carbocycles. The van der Waals surface area contributed by atoms with Crippen LogP contribution in [0.15, 0.2) is 5.10 Å². The molecule has 15 heavy (non-hydrogen) atoms. The van der Waals surface area contributed by atoms with Crippen molar-refractivity contribution in [3.8, 4) is 0 Å². The Kier molecular flexibility index (Phi) is 3.07. The van der Waals surface area contributed by atoms with Gasteiger partial charge in [-0.25, -0.2) is 5.01 Å². The van der Waals surface area contributed by atoms with Crippen molar-refractivity contribution in [2.75, 3.05) is 0 Å². The largest absolute Gasteiger partial charge is 0.369 e. The molecule has 2 N–H and O–H groups in total. The van der Waals surface area contributed by atoms with Crippen molar-refractivity contribution in [3.63, 3.8) is 0 Å². The summed E-state index contributed by atoms with van der Waals surface area (Å²) in [6, 6.07) is 0. The summed E-state index contributed by atoms with van der Waals surface area (Å²) < 4.78 is 0. The molecule has 1 saturated heterocycles. The smallest absolute Gasteiger partial charge is 0.192 e. The summed E-state index contributed by atoms with van der Waals surface area (Å²) in [5, 5.41) is 19.6. The van der Waals surface area contributed by atoms with Gasteiger partial charge in [0.05, 0.1) is 0 Å². The summed E-state index contributed by atoms with van der Waals surface area (Å²) in [6.45, 7) is 9.49. The van der Waals surface area contributed by atoms with Crippen molar-refractivity contribution in [3.05, 3.63) is 0 Å².